The third-order valence-electron chi connectivity index (χ3n) is 5.09. The van der Waals surface area contributed by atoms with Crippen molar-refractivity contribution >= 4 is 17.0 Å². The standard InChI is InChI=1S/C17H20N2O2/c1-17(2)8-11(17)9-19-14-12(16(20)21)4-3-5-13(14)18-15(19)10-6-7-10/h3-5,10-11H,6-9H2,1-2H3,(H,20,21). The summed E-state index contributed by atoms with van der Waals surface area (Å²) < 4.78 is 2.20. The first kappa shape index (κ1) is 12.9. The molecule has 1 aromatic heterocycles. The zero-order valence-corrected chi connectivity index (χ0v) is 12.5. The fraction of sp³-hybridized carbons (Fsp3) is 0.529. The second-order valence-electron chi connectivity index (χ2n) is 7.22. The van der Waals surface area contributed by atoms with Gasteiger partial charge in [0, 0.05) is 12.5 Å². The number of para-hydroxylation sites is 1. The number of fused-ring (bicyclic) bond motifs is 1. The SMILES string of the molecule is CC1(C)CC1Cn1c(C2CC2)nc2cccc(C(=O)O)c21. The summed E-state index contributed by atoms with van der Waals surface area (Å²) in [7, 11) is 0. The van der Waals surface area contributed by atoms with Crippen LogP contribution in [-0.4, -0.2) is 20.6 Å². The molecule has 4 heteroatoms. The van der Waals surface area contributed by atoms with E-state index in [1.807, 2.05) is 6.07 Å². The molecule has 2 fully saturated rings. The molecule has 0 amide bonds. The summed E-state index contributed by atoms with van der Waals surface area (Å²) in [6.45, 7) is 5.47. The number of aromatic nitrogens is 2. The molecule has 0 radical (unpaired) electrons. The Balaban J connectivity index is 1.88. The molecular formula is C17H20N2O2. The number of nitrogens with zero attached hydrogens (tertiary/aromatic N) is 2. The average molecular weight is 284 g/mol. The van der Waals surface area contributed by atoms with Crippen LogP contribution in [0.3, 0.4) is 0 Å². The molecule has 1 unspecified atom stereocenters. The number of benzene rings is 1. The van der Waals surface area contributed by atoms with Crippen molar-refractivity contribution in [1.82, 2.24) is 9.55 Å². The van der Waals surface area contributed by atoms with Crippen LogP contribution in [0.4, 0.5) is 0 Å². The van der Waals surface area contributed by atoms with Crippen LogP contribution in [-0.2, 0) is 6.54 Å². The van der Waals surface area contributed by atoms with E-state index >= 15 is 0 Å². The first-order valence-electron chi connectivity index (χ1n) is 7.70. The maximum atomic E-state index is 11.5. The summed E-state index contributed by atoms with van der Waals surface area (Å²) >= 11 is 0. The van der Waals surface area contributed by atoms with E-state index in [1.165, 1.54) is 19.3 Å². The van der Waals surface area contributed by atoms with Crippen LogP contribution in [0.15, 0.2) is 18.2 Å². The Morgan fingerprint density at radius 1 is 1.43 bits per heavy atom. The monoisotopic (exact) mass is 284 g/mol. The van der Waals surface area contributed by atoms with Crippen LogP contribution in [0.5, 0.6) is 0 Å². The Kier molecular flexibility index (Phi) is 2.51. The number of hydrogen-bond donors (Lipinski definition) is 1. The minimum absolute atomic E-state index is 0.380. The first-order valence-corrected chi connectivity index (χ1v) is 7.70. The van der Waals surface area contributed by atoms with Crippen LogP contribution in [0.2, 0.25) is 0 Å². The van der Waals surface area contributed by atoms with Crippen molar-refractivity contribution in [2.24, 2.45) is 11.3 Å². The molecule has 1 heterocycles. The van der Waals surface area contributed by atoms with Crippen LogP contribution < -0.4 is 0 Å². The topological polar surface area (TPSA) is 55.1 Å². The molecule has 2 saturated carbocycles. The van der Waals surface area contributed by atoms with Crippen molar-refractivity contribution < 1.29 is 9.90 Å². The Hall–Kier alpha value is -1.84. The minimum atomic E-state index is -0.862. The summed E-state index contributed by atoms with van der Waals surface area (Å²) in [5.74, 6) is 1.40. The molecule has 0 aliphatic heterocycles. The third kappa shape index (κ3) is 2.04. The zero-order valence-electron chi connectivity index (χ0n) is 12.5. The molecule has 1 aromatic carbocycles. The molecule has 1 N–H and O–H groups in total. The number of imidazole rings is 1. The number of carboxylic acids is 1. The largest absolute Gasteiger partial charge is 0.478 e. The summed E-state index contributed by atoms with van der Waals surface area (Å²) in [6.07, 6.45) is 3.57. The van der Waals surface area contributed by atoms with Gasteiger partial charge in [-0.2, -0.15) is 0 Å². The van der Waals surface area contributed by atoms with Gasteiger partial charge in [-0.05, 0) is 42.7 Å². The van der Waals surface area contributed by atoms with Gasteiger partial charge in [0.05, 0.1) is 16.6 Å². The zero-order chi connectivity index (χ0) is 14.8. The van der Waals surface area contributed by atoms with Crippen molar-refractivity contribution in [3.05, 3.63) is 29.6 Å². The van der Waals surface area contributed by atoms with Gasteiger partial charge in [-0.3, -0.25) is 0 Å². The van der Waals surface area contributed by atoms with E-state index in [-0.39, 0.29) is 0 Å². The molecule has 2 aliphatic rings. The first-order chi connectivity index (χ1) is 9.97. The van der Waals surface area contributed by atoms with Gasteiger partial charge in [0.25, 0.3) is 0 Å². The quantitative estimate of drug-likeness (QED) is 0.932. The molecule has 21 heavy (non-hydrogen) atoms. The van der Waals surface area contributed by atoms with Crippen LogP contribution in [0.25, 0.3) is 11.0 Å². The predicted octanol–water partition coefficient (Wildman–Crippen LogP) is 3.66. The summed E-state index contributed by atoms with van der Waals surface area (Å²) in [5.41, 5.74) is 2.41. The molecule has 0 spiro atoms. The van der Waals surface area contributed by atoms with Gasteiger partial charge in [-0.1, -0.05) is 19.9 Å². The molecule has 0 saturated heterocycles. The van der Waals surface area contributed by atoms with Crippen molar-refractivity contribution in [2.45, 2.75) is 45.6 Å². The van der Waals surface area contributed by atoms with Crippen molar-refractivity contribution in [3.8, 4) is 0 Å². The lowest BCUT2D eigenvalue weighted by atomic mass is 10.1. The maximum Gasteiger partial charge on any atom is 0.337 e. The Morgan fingerprint density at radius 2 is 2.14 bits per heavy atom. The van der Waals surface area contributed by atoms with Crippen LogP contribution in [0.1, 0.15) is 55.2 Å². The van der Waals surface area contributed by atoms with Crippen LogP contribution >= 0.6 is 0 Å². The highest BCUT2D eigenvalue weighted by Gasteiger charge is 2.46. The number of rotatable bonds is 4. The fourth-order valence-corrected chi connectivity index (χ4v) is 3.32. The van der Waals surface area contributed by atoms with E-state index in [2.05, 4.69) is 18.4 Å². The fourth-order valence-electron chi connectivity index (χ4n) is 3.32. The maximum absolute atomic E-state index is 11.5. The molecule has 4 rings (SSSR count). The van der Waals surface area contributed by atoms with Gasteiger partial charge in [0.15, 0.2) is 0 Å². The average Bonchev–Trinajstić information content (AvgIpc) is 3.31. The molecule has 2 aromatic rings. The lowest BCUT2D eigenvalue weighted by Crippen LogP contribution is -2.10. The number of carboxylic acid groups (broad SMARTS) is 1. The van der Waals surface area contributed by atoms with Crippen molar-refractivity contribution in [2.75, 3.05) is 0 Å². The Labute approximate surface area is 123 Å². The normalized spacial score (nSPS) is 23.4. The highest BCUT2D eigenvalue weighted by molar-refractivity contribution is 6.01. The molecule has 110 valence electrons. The second-order valence-corrected chi connectivity index (χ2v) is 7.22. The van der Waals surface area contributed by atoms with E-state index in [0.717, 1.165) is 23.4 Å². The molecule has 2 aliphatic carbocycles. The Morgan fingerprint density at radius 3 is 2.71 bits per heavy atom. The summed E-state index contributed by atoms with van der Waals surface area (Å²) in [6, 6.07) is 5.42. The highest BCUT2D eigenvalue weighted by Crippen LogP contribution is 2.53. The summed E-state index contributed by atoms with van der Waals surface area (Å²) in [4.78, 5) is 16.3. The molecule has 1 atom stereocenters. The summed E-state index contributed by atoms with van der Waals surface area (Å²) in [5, 5.41) is 9.48. The lowest BCUT2D eigenvalue weighted by molar-refractivity contribution is 0.0698. The second kappa shape index (κ2) is 4.09. The van der Waals surface area contributed by atoms with E-state index in [9.17, 15) is 9.90 Å². The predicted molar refractivity (Wildman–Crippen MR) is 80.6 cm³/mol. The Bertz CT molecular complexity index is 741. The molecular weight excluding hydrogens is 264 g/mol. The third-order valence-corrected chi connectivity index (χ3v) is 5.09. The highest BCUT2D eigenvalue weighted by atomic mass is 16.4. The lowest BCUT2D eigenvalue weighted by Gasteiger charge is -2.11. The van der Waals surface area contributed by atoms with Crippen molar-refractivity contribution in [1.29, 1.82) is 0 Å². The van der Waals surface area contributed by atoms with E-state index < -0.39 is 5.97 Å². The van der Waals surface area contributed by atoms with Gasteiger partial charge in [-0.25, -0.2) is 9.78 Å². The molecule has 4 nitrogen and oxygen atoms in total. The van der Waals surface area contributed by atoms with E-state index in [4.69, 9.17) is 4.98 Å². The van der Waals surface area contributed by atoms with Gasteiger partial charge < -0.3 is 9.67 Å². The van der Waals surface area contributed by atoms with E-state index in [0.29, 0.717) is 22.8 Å². The smallest absolute Gasteiger partial charge is 0.337 e. The van der Waals surface area contributed by atoms with Gasteiger partial charge >= 0.3 is 5.97 Å². The number of aromatic carboxylic acids is 1. The van der Waals surface area contributed by atoms with Gasteiger partial charge in [-0.15, -0.1) is 0 Å². The van der Waals surface area contributed by atoms with Gasteiger partial charge in [0.2, 0.25) is 0 Å². The van der Waals surface area contributed by atoms with Crippen LogP contribution in [0, 0.1) is 11.3 Å². The van der Waals surface area contributed by atoms with Crippen molar-refractivity contribution in [3.63, 3.8) is 0 Å². The van der Waals surface area contributed by atoms with E-state index in [1.54, 1.807) is 12.1 Å². The number of hydrogen-bond acceptors (Lipinski definition) is 2. The molecule has 0 bridgehead atoms. The number of carbonyl (C=O) groups is 1. The minimum Gasteiger partial charge on any atom is -0.478 e. The van der Waals surface area contributed by atoms with Gasteiger partial charge in [0.1, 0.15) is 5.82 Å².